The van der Waals surface area contributed by atoms with Crippen molar-refractivity contribution in [1.29, 1.82) is 0 Å². The Morgan fingerprint density at radius 3 is 2.72 bits per heavy atom. The van der Waals surface area contributed by atoms with E-state index in [-0.39, 0.29) is 34.8 Å². The number of aromatic nitrogens is 1. The zero-order chi connectivity index (χ0) is 25.8. The molecule has 4 rings (SSSR count). The molecule has 3 heterocycles. The molecule has 0 bridgehead atoms. The van der Waals surface area contributed by atoms with E-state index in [0.717, 1.165) is 25.2 Å². The topological polar surface area (TPSA) is 127 Å². The van der Waals surface area contributed by atoms with Crippen LogP contribution in [0.25, 0.3) is 0 Å². The van der Waals surface area contributed by atoms with Gasteiger partial charge in [0.05, 0.1) is 5.02 Å². The van der Waals surface area contributed by atoms with Gasteiger partial charge >= 0.3 is 0 Å². The van der Waals surface area contributed by atoms with Crippen LogP contribution in [-0.2, 0) is 14.4 Å². The van der Waals surface area contributed by atoms with Crippen molar-refractivity contribution < 1.29 is 14.4 Å². The summed E-state index contributed by atoms with van der Waals surface area (Å²) in [6.45, 7) is 1.78. The molecule has 3 amide bonds. The standard InChI is InChI=1S/C23H30ClN7O3S2/c1-25-19(32)12-3-5-14(28-22(35)20(33)30-18-6-4-13(24)10-26-18)16(9-12)27-21(34)23-29-15-7-8-31(2)11-17(15)36-23/h4,6,10,12,14,16,23,29H,3,5,7-9,11H2,1-2H3,(H,25,32)(H,27,34)(H,28,35)(H,26,30,33)/t12-,14-,16+,23?/m0/s1. The number of nitrogens with one attached hydrogen (secondary N) is 5. The number of rotatable bonds is 5. The van der Waals surface area contributed by atoms with E-state index in [1.165, 1.54) is 22.9 Å². The van der Waals surface area contributed by atoms with Crippen LogP contribution in [-0.4, -0.2) is 77.2 Å². The summed E-state index contributed by atoms with van der Waals surface area (Å²) in [7, 11) is 3.67. The van der Waals surface area contributed by atoms with Gasteiger partial charge in [-0.3, -0.25) is 14.4 Å². The van der Waals surface area contributed by atoms with Crippen molar-refractivity contribution >= 4 is 64.1 Å². The highest BCUT2D eigenvalue weighted by molar-refractivity contribution is 8.04. The minimum absolute atomic E-state index is 0.0112. The van der Waals surface area contributed by atoms with E-state index in [1.54, 1.807) is 19.2 Å². The average molecular weight is 552 g/mol. The van der Waals surface area contributed by atoms with Crippen molar-refractivity contribution in [2.45, 2.75) is 43.1 Å². The van der Waals surface area contributed by atoms with Gasteiger partial charge in [-0.2, -0.15) is 0 Å². The van der Waals surface area contributed by atoms with Crippen LogP contribution in [0, 0.1) is 5.92 Å². The summed E-state index contributed by atoms with van der Waals surface area (Å²) >= 11 is 12.7. The molecule has 1 aromatic heterocycles. The van der Waals surface area contributed by atoms with Gasteiger partial charge in [-0.1, -0.05) is 35.6 Å². The van der Waals surface area contributed by atoms with Crippen LogP contribution in [0.4, 0.5) is 5.82 Å². The molecule has 0 radical (unpaired) electrons. The molecule has 1 unspecified atom stereocenters. The lowest BCUT2D eigenvalue weighted by molar-refractivity contribution is -0.127. The van der Waals surface area contributed by atoms with Gasteiger partial charge in [-0.15, -0.1) is 0 Å². The second-order valence-electron chi connectivity index (χ2n) is 9.17. The van der Waals surface area contributed by atoms with Crippen molar-refractivity contribution in [3.63, 3.8) is 0 Å². The van der Waals surface area contributed by atoms with Crippen molar-refractivity contribution in [1.82, 2.24) is 31.2 Å². The fraction of sp³-hybridized carbons (Fsp3) is 0.522. The molecule has 1 aliphatic carbocycles. The zero-order valence-corrected chi connectivity index (χ0v) is 22.5. The van der Waals surface area contributed by atoms with Gasteiger partial charge < -0.3 is 31.5 Å². The van der Waals surface area contributed by atoms with Crippen molar-refractivity contribution in [2.24, 2.45) is 5.92 Å². The maximum absolute atomic E-state index is 13.2. The normalized spacial score (nSPS) is 25.9. The van der Waals surface area contributed by atoms with Gasteiger partial charge in [0.15, 0.2) is 10.4 Å². The van der Waals surface area contributed by atoms with Gasteiger partial charge in [-0.05, 0) is 38.4 Å². The summed E-state index contributed by atoms with van der Waals surface area (Å²) in [6.07, 6.45) is 3.95. The molecule has 0 aromatic carbocycles. The van der Waals surface area contributed by atoms with Crippen LogP contribution < -0.4 is 26.6 Å². The number of thiocarbonyl (C=S) groups is 1. The molecular weight excluding hydrogens is 522 g/mol. The summed E-state index contributed by atoms with van der Waals surface area (Å²) in [4.78, 5) is 45.7. The van der Waals surface area contributed by atoms with Crippen molar-refractivity contribution in [3.8, 4) is 0 Å². The van der Waals surface area contributed by atoms with Gasteiger partial charge in [-0.25, -0.2) is 4.98 Å². The van der Waals surface area contributed by atoms with E-state index < -0.39 is 11.3 Å². The van der Waals surface area contributed by atoms with Gasteiger partial charge in [0.1, 0.15) is 5.82 Å². The zero-order valence-electron chi connectivity index (χ0n) is 20.1. The quantitative estimate of drug-likeness (QED) is 0.343. The van der Waals surface area contributed by atoms with Crippen LogP contribution in [0.5, 0.6) is 0 Å². The van der Waals surface area contributed by atoms with Crippen molar-refractivity contribution in [3.05, 3.63) is 34.0 Å². The number of likely N-dealkylation sites (N-methyl/N-ethyl adjacent to an activating group) is 1. The molecule has 13 heteroatoms. The fourth-order valence-corrected chi connectivity index (χ4v) is 6.21. The van der Waals surface area contributed by atoms with E-state index in [0.29, 0.717) is 30.1 Å². The van der Waals surface area contributed by atoms with E-state index in [9.17, 15) is 14.4 Å². The van der Waals surface area contributed by atoms with Crippen LogP contribution in [0.1, 0.15) is 25.7 Å². The lowest BCUT2D eigenvalue weighted by Gasteiger charge is -2.37. The number of carbonyl (C=O) groups is 3. The first kappa shape index (κ1) is 26.6. The molecular formula is C23H30ClN7O3S2. The molecule has 2 aliphatic heterocycles. The molecule has 0 saturated heterocycles. The SMILES string of the molecule is CNC(=O)[C@H]1CC[C@H](NC(=S)C(=O)Nc2ccc(Cl)cn2)[C@H](NC(=O)C2NC3=C(CN(C)CC3)S2)C1. The Kier molecular flexibility index (Phi) is 8.70. The summed E-state index contributed by atoms with van der Waals surface area (Å²) in [6, 6.07) is 2.52. The highest BCUT2D eigenvalue weighted by atomic mass is 35.5. The summed E-state index contributed by atoms with van der Waals surface area (Å²) < 4.78 is 0. The van der Waals surface area contributed by atoms with E-state index in [1.807, 2.05) is 0 Å². The summed E-state index contributed by atoms with van der Waals surface area (Å²) in [5.74, 6) is -0.619. The Morgan fingerprint density at radius 2 is 2.00 bits per heavy atom. The molecule has 36 heavy (non-hydrogen) atoms. The number of anilines is 1. The molecule has 1 saturated carbocycles. The molecule has 4 atom stereocenters. The van der Waals surface area contributed by atoms with E-state index >= 15 is 0 Å². The maximum atomic E-state index is 13.2. The minimum atomic E-state index is -0.507. The first-order valence-electron chi connectivity index (χ1n) is 11.8. The molecule has 1 fully saturated rings. The number of hydrogen-bond donors (Lipinski definition) is 5. The molecule has 194 valence electrons. The average Bonchev–Trinajstić information content (AvgIpc) is 3.29. The summed E-state index contributed by atoms with van der Waals surface area (Å²) in [5, 5.41) is 14.9. The molecule has 3 aliphatic rings. The lowest BCUT2D eigenvalue weighted by atomic mass is 9.81. The Morgan fingerprint density at radius 1 is 1.19 bits per heavy atom. The Balaban J connectivity index is 1.39. The largest absolute Gasteiger partial charge is 0.368 e. The second-order valence-corrected chi connectivity index (χ2v) is 11.2. The number of hydrogen-bond acceptors (Lipinski definition) is 8. The molecule has 10 nitrogen and oxygen atoms in total. The lowest BCUT2D eigenvalue weighted by Crippen LogP contribution is -2.58. The van der Waals surface area contributed by atoms with E-state index in [2.05, 4.69) is 43.5 Å². The van der Waals surface area contributed by atoms with Gasteiger partial charge in [0.25, 0.3) is 11.8 Å². The number of amides is 3. The van der Waals surface area contributed by atoms with Crippen molar-refractivity contribution in [2.75, 3.05) is 32.5 Å². The second kappa shape index (κ2) is 11.8. The third-order valence-electron chi connectivity index (χ3n) is 6.58. The highest BCUT2D eigenvalue weighted by Crippen LogP contribution is 2.35. The number of thioether (sulfide) groups is 1. The highest BCUT2D eigenvalue weighted by Gasteiger charge is 2.38. The van der Waals surface area contributed by atoms with E-state index in [4.69, 9.17) is 23.8 Å². The monoisotopic (exact) mass is 551 g/mol. The fourth-order valence-electron chi connectivity index (χ4n) is 4.63. The Labute approximate surface area is 224 Å². The Bertz CT molecular complexity index is 1070. The molecule has 5 N–H and O–H groups in total. The smallest absolute Gasteiger partial charge is 0.284 e. The first-order valence-corrected chi connectivity index (χ1v) is 13.5. The third-order valence-corrected chi connectivity index (χ3v) is 8.34. The van der Waals surface area contributed by atoms with Crippen LogP contribution >= 0.6 is 35.6 Å². The summed E-state index contributed by atoms with van der Waals surface area (Å²) in [5.41, 5.74) is 1.13. The molecule has 1 aromatic rings. The predicted molar refractivity (Wildman–Crippen MR) is 144 cm³/mol. The number of carbonyl (C=O) groups excluding carboxylic acids is 3. The van der Waals surface area contributed by atoms with Crippen LogP contribution in [0.3, 0.4) is 0 Å². The molecule has 0 spiro atoms. The van der Waals surface area contributed by atoms with Crippen LogP contribution in [0.15, 0.2) is 28.9 Å². The van der Waals surface area contributed by atoms with Gasteiger partial charge in [0, 0.05) is 61.4 Å². The minimum Gasteiger partial charge on any atom is -0.368 e. The van der Waals surface area contributed by atoms with Crippen LogP contribution in [0.2, 0.25) is 5.02 Å². The number of halogens is 1. The number of pyridine rings is 1. The Hall–Kier alpha value is -2.41. The predicted octanol–water partition coefficient (Wildman–Crippen LogP) is 1.20. The third kappa shape index (κ3) is 6.47. The van der Waals surface area contributed by atoms with Gasteiger partial charge in [0.2, 0.25) is 5.91 Å². The maximum Gasteiger partial charge on any atom is 0.284 e. The number of nitrogens with zero attached hydrogens (tertiary/aromatic N) is 2. The first-order chi connectivity index (χ1) is 17.2.